The molecule has 98 valence electrons. The van der Waals surface area contributed by atoms with Gasteiger partial charge in [0, 0.05) is 19.3 Å². The summed E-state index contributed by atoms with van der Waals surface area (Å²) in [6, 6.07) is 10.2. The summed E-state index contributed by atoms with van der Waals surface area (Å²) in [6.07, 6.45) is 4.46. The number of Topliss-reactive ketones (excluding diaryl/α,β-unsaturated/α-hetero) is 1. The molecule has 0 aromatic heterocycles. The number of ether oxygens (including phenoxy) is 1. The lowest BCUT2D eigenvalue weighted by molar-refractivity contribution is -0.129. The number of benzene rings is 1. The van der Waals surface area contributed by atoms with E-state index in [2.05, 4.69) is 12.1 Å². The number of nitriles is 1. The van der Waals surface area contributed by atoms with Gasteiger partial charge in [0.1, 0.15) is 17.3 Å². The van der Waals surface area contributed by atoms with Gasteiger partial charge in [-0.2, -0.15) is 5.26 Å². The summed E-state index contributed by atoms with van der Waals surface area (Å²) in [5, 5.41) is 9.46. The average Bonchev–Trinajstić information content (AvgIpc) is 2.83. The topological polar surface area (TPSA) is 50.1 Å². The number of carbonyl (C=O) groups excluding carboxylic acids is 1. The number of nitrogens with zero attached hydrogens (tertiary/aromatic N) is 1. The van der Waals surface area contributed by atoms with Crippen LogP contribution in [-0.2, 0) is 11.2 Å². The molecule has 1 aromatic carbocycles. The van der Waals surface area contributed by atoms with Crippen molar-refractivity contribution in [3.05, 3.63) is 29.8 Å². The third-order valence-corrected chi connectivity index (χ3v) is 4.30. The molecular formula is C16H17NO2. The van der Waals surface area contributed by atoms with Crippen LogP contribution < -0.4 is 4.74 Å². The Balaban J connectivity index is 1.76. The molecule has 1 aromatic rings. The van der Waals surface area contributed by atoms with Crippen LogP contribution in [0.25, 0.3) is 0 Å². The van der Waals surface area contributed by atoms with E-state index in [9.17, 15) is 10.1 Å². The highest BCUT2D eigenvalue weighted by atomic mass is 16.5. The van der Waals surface area contributed by atoms with Crippen molar-refractivity contribution in [2.24, 2.45) is 5.41 Å². The van der Waals surface area contributed by atoms with E-state index in [0.29, 0.717) is 19.3 Å². The normalized spacial score (nSPS) is 29.4. The molecule has 3 heteroatoms. The first kappa shape index (κ1) is 12.2. The lowest BCUT2D eigenvalue weighted by Crippen LogP contribution is -2.37. The van der Waals surface area contributed by atoms with Crippen LogP contribution in [0, 0.1) is 16.7 Å². The predicted octanol–water partition coefficient (Wildman–Crippen LogP) is 3.03. The number of carbonyl (C=O) groups is 1. The van der Waals surface area contributed by atoms with E-state index in [0.717, 1.165) is 25.0 Å². The van der Waals surface area contributed by atoms with Crippen molar-refractivity contribution in [2.45, 2.75) is 44.6 Å². The molecule has 1 fully saturated rings. The second-order valence-electron chi connectivity index (χ2n) is 5.58. The molecule has 0 bridgehead atoms. The second kappa shape index (κ2) is 4.70. The van der Waals surface area contributed by atoms with Crippen LogP contribution in [0.2, 0.25) is 0 Å². The van der Waals surface area contributed by atoms with Crippen molar-refractivity contribution in [1.29, 1.82) is 5.26 Å². The van der Waals surface area contributed by atoms with Gasteiger partial charge in [-0.1, -0.05) is 24.6 Å². The highest BCUT2D eigenvalue weighted by Gasteiger charge is 2.43. The molecule has 3 rings (SSSR count). The highest BCUT2D eigenvalue weighted by Crippen LogP contribution is 2.40. The zero-order valence-corrected chi connectivity index (χ0v) is 10.9. The number of rotatable bonds is 2. The Morgan fingerprint density at radius 2 is 2.21 bits per heavy atom. The molecule has 1 aliphatic carbocycles. The third kappa shape index (κ3) is 2.12. The first-order valence-corrected chi connectivity index (χ1v) is 6.93. The van der Waals surface area contributed by atoms with Gasteiger partial charge in [-0.15, -0.1) is 0 Å². The van der Waals surface area contributed by atoms with Gasteiger partial charge in [0.15, 0.2) is 5.78 Å². The summed E-state index contributed by atoms with van der Waals surface area (Å²) in [5.74, 6) is 1.02. The maximum absolute atomic E-state index is 12.1. The summed E-state index contributed by atoms with van der Waals surface area (Å²) < 4.78 is 5.88. The quantitative estimate of drug-likeness (QED) is 0.816. The minimum Gasteiger partial charge on any atom is -0.490 e. The van der Waals surface area contributed by atoms with Crippen LogP contribution in [0.1, 0.15) is 37.7 Å². The van der Waals surface area contributed by atoms with Gasteiger partial charge in [-0.3, -0.25) is 4.79 Å². The smallest absolute Gasteiger partial charge is 0.153 e. The first-order valence-electron chi connectivity index (χ1n) is 6.93. The zero-order valence-electron chi connectivity index (χ0n) is 10.9. The van der Waals surface area contributed by atoms with E-state index >= 15 is 0 Å². The number of para-hydroxylation sites is 1. The Labute approximate surface area is 113 Å². The van der Waals surface area contributed by atoms with Crippen molar-refractivity contribution >= 4 is 5.78 Å². The lowest BCUT2D eigenvalue weighted by Gasteiger charge is -2.31. The molecule has 2 aliphatic rings. The van der Waals surface area contributed by atoms with Gasteiger partial charge >= 0.3 is 0 Å². The van der Waals surface area contributed by atoms with Crippen molar-refractivity contribution < 1.29 is 9.53 Å². The van der Waals surface area contributed by atoms with Gasteiger partial charge in [0.2, 0.25) is 0 Å². The molecule has 0 spiro atoms. The summed E-state index contributed by atoms with van der Waals surface area (Å²) in [4.78, 5) is 12.1. The van der Waals surface area contributed by atoms with Crippen LogP contribution in [0.3, 0.4) is 0 Å². The van der Waals surface area contributed by atoms with Gasteiger partial charge in [0.25, 0.3) is 0 Å². The maximum atomic E-state index is 12.1. The van der Waals surface area contributed by atoms with E-state index in [-0.39, 0.29) is 11.9 Å². The summed E-state index contributed by atoms with van der Waals surface area (Å²) >= 11 is 0. The van der Waals surface area contributed by atoms with Crippen LogP contribution in [0.5, 0.6) is 5.75 Å². The second-order valence-corrected chi connectivity index (χ2v) is 5.58. The molecule has 19 heavy (non-hydrogen) atoms. The van der Waals surface area contributed by atoms with Gasteiger partial charge < -0.3 is 4.74 Å². The fourth-order valence-electron chi connectivity index (χ4n) is 3.23. The number of ketones is 1. The Bertz CT molecular complexity index is 521. The average molecular weight is 255 g/mol. The van der Waals surface area contributed by atoms with E-state index in [1.54, 1.807) is 0 Å². The van der Waals surface area contributed by atoms with Crippen LogP contribution >= 0.6 is 0 Å². The number of hydrogen-bond acceptors (Lipinski definition) is 3. The Morgan fingerprint density at radius 1 is 1.37 bits per heavy atom. The molecule has 0 N–H and O–H groups in total. The van der Waals surface area contributed by atoms with Crippen molar-refractivity contribution in [3.63, 3.8) is 0 Å². The van der Waals surface area contributed by atoms with Crippen molar-refractivity contribution in [1.82, 2.24) is 0 Å². The molecule has 2 atom stereocenters. The fourth-order valence-corrected chi connectivity index (χ4v) is 3.23. The number of fused-ring (bicyclic) bond motifs is 1. The van der Waals surface area contributed by atoms with E-state index in [4.69, 9.17) is 4.74 Å². The summed E-state index contributed by atoms with van der Waals surface area (Å²) in [5.41, 5.74) is 0.383. The van der Waals surface area contributed by atoms with Crippen molar-refractivity contribution in [2.75, 3.05) is 0 Å². The molecule has 0 amide bonds. The molecule has 3 nitrogen and oxygen atoms in total. The largest absolute Gasteiger partial charge is 0.490 e. The predicted molar refractivity (Wildman–Crippen MR) is 70.7 cm³/mol. The fraction of sp³-hybridized carbons (Fsp3) is 0.500. The van der Waals surface area contributed by atoms with Gasteiger partial charge in [-0.25, -0.2) is 0 Å². The Kier molecular flexibility index (Phi) is 3.02. The summed E-state index contributed by atoms with van der Waals surface area (Å²) in [7, 11) is 0. The standard InChI is InChI=1S/C16H17NO2/c17-11-16(8-4-3-7-15(16)18)10-13-9-12-5-1-2-6-14(12)19-13/h1-2,5-6,13H,3-4,7-10H2. The molecule has 0 saturated heterocycles. The van der Waals surface area contributed by atoms with Crippen molar-refractivity contribution in [3.8, 4) is 11.8 Å². The third-order valence-electron chi connectivity index (χ3n) is 4.30. The van der Waals surface area contributed by atoms with Gasteiger partial charge in [-0.05, 0) is 24.5 Å². The minimum atomic E-state index is -0.801. The molecule has 1 heterocycles. The lowest BCUT2D eigenvalue weighted by atomic mass is 9.70. The van der Waals surface area contributed by atoms with E-state index in [1.165, 1.54) is 5.56 Å². The number of hydrogen-bond donors (Lipinski definition) is 0. The molecule has 1 aliphatic heterocycles. The molecule has 1 saturated carbocycles. The maximum Gasteiger partial charge on any atom is 0.153 e. The molecular weight excluding hydrogens is 238 g/mol. The van der Waals surface area contributed by atoms with Crippen LogP contribution in [-0.4, -0.2) is 11.9 Å². The summed E-state index contributed by atoms with van der Waals surface area (Å²) in [6.45, 7) is 0. The van der Waals surface area contributed by atoms with E-state index < -0.39 is 5.41 Å². The highest BCUT2D eigenvalue weighted by molar-refractivity contribution is 5.88. The zero-order chi connectivity index (χ0) is 13.3. The van der Waals surface area contributed by atoms with Crippen LogP contribution in [0.4, 0.5) is 0 Å². The Hall–Kier alpha value is -1.82. The van der Waals surface area contributed by atoms with Crippen LogP contribution in [0.15, 0.2) is 24.3 Å². The monoisotopic (exact) mass is 255 g/mol. The molecule has 2 unspecified atom stereocenters. The van der Waals surface area contributed by atoms with E-state index in [1.807, 2.05) is 18.2 Å². The Morgan fingerprint density at radius 3 is 2.95 bits per heavy atom. The van der Waals surface area contributed by atoms with Gasteiger partial charge in [0.05, 0.1) is 6.07 Å². The SMILES string of the molecule is N#CC1(CC2Cc3ccccc3O2)CCCCC1=O. The molecule has 0 radical (unpaired) electrons. The minimum absolute atomic E-state index is 0.0286. The first-order chi connectivity index (χ1) is 9.23.